The largest absolute Gasteiger partial charge is 0.368 e. The first-order valence-electron chi connectivity index (χ1n) is 7.59. The summed E-state index contributed by atoms with van der Waals surface area (Å²) in [6, 6.07) is 7.71. The number of nitrogens with zero attached hydrogens (tertiary/aromatic N) is 3. The molecule has 1 aromatic carbocycles. The summed E-state index contributed by atoms with van der Waals surface area (Å²) >= 11 is 0. The maximum atomic E-state index is 12.1. The number of hydrogen-bond acceptors (Lipinski definition) is 4. The van der Waals surface area contributed by atoms with E-state index in [-0.39, 0.29) is 11.9 Å². The van der Waals surface area contributed by atoms with Gasteiger partial charge in [0.2, 0.25) is 5.91 Å². The fourth-order valence-corrected chi connectivity index (χ4v) is 2.08. The molecule has 1 aromatic heterocycles. The van der Waals surface area contributed by atoms with E-state index in [1.807, 2.05) is 31.2 Å². The van der Waals surface area contributed by atoms with Crippen LogP contribution in [0.25, 0.3) is 5.69 Å². The van der Waals surface area contributed by atoms with Crippen molar-refractivity contribution in [2.75, 3.05) is 6.61 Å². The van der Waals surface area contributed by atoms with Gasteiger partial charge in [-0.15, -0.1) is 6.58 Å². The Morgan fingerprint density at radius 3 is 2.74 bits per heavy atom. The van der Waals surface area contributed by atoms with Crippen LogP contribution in [0.2, 0.25) is 0 Å². The standard InChI is InChI=1S/C17H22N4O2/c1-4-5-10-23-14(3)17(22)20-13(2)15-6-8-16(9-7-15)21-12-18-11-19-21/h4,6-9,11-14H,1,5,10H2,2-3H3,(H,20,22). The van der Waals surface area contributed by atoms with Crippen LogP contribution in [0.5, 0.6) is 0 Å². The van der Waals surface area contributed by atoms with Crippen LogP contribution >= 0.6 is 0 Å². The molecule has 0 aliphatic carbocycles. The Bertz CT molecular complexity index is 623. The second-order valence-corrected chi connectivity index (χ2v) is 5.25. The van der Waals surface area contributed by atoms with Crippen LogP contribution in [0.15, 0.2) is 49.6 Å². The highest BCUT2D eigenvalue weighted by atomic mass is 16.5. The van der Waals surface area contributed by atoms with Crippen LogP contribution in [-0.2, 0) is 9.53 Å². The lowest BCUT2D eigenvalue weighted by Gasteiger charge is -2.18. The number of carbonyl (C=O) groups is 1. The number of rotatable bonds is 8. The van der Waals surface area contributed by atoms with Gasteiger partial charge < -0.3 is 10.1 Å². The molecule has 0 spiro atoms. The molecule has 0 bridgehead atoms. The summed E-state index contributed by atoms with van der Waals surface area (Å²) in [7, 11) is 0. The maximum Gasteiger partial charge on any atom is 0.249 e. The van der Waals surface area contributed by atoms with Crippen molar-refractivity contribution in [3.8, 4) is 5.69 Å². The third kappa shape index (κ3) is 4.75. The lowest BCUT2D eigenvalue weighted by molar-refractivity contribution is -0.132. The summed E-state index contributed by atoms with van der Waals surface area (Å²) < 4.78 is 7.13. The smallest absolute Gasteiger partial charge is 0.249 e. The van der Waals surface area contributed by atoms with Gasteiger partial charge >= 0.3 is 0 Å². The van der Waals surface area contributed by atoms with E-state index in [0.717, 1.165) is 17.7 Å². The van der Waals surface area contributed by atoms with Gasteiger partial charge in [0, 0.05) is 0 Å². The minimum atomic E-state index is -0.480. The highest BCUT2D eigenvalue weighted by molar-refractivity contribution is 5.80. The monoisotopic (exact) mass is 314 g/mol. The molecule has 23 heavy (non-hydrogen) atoms. The predicted octanol–water partition coefficient (Wildman–Crippen LogP) is 2.43. The average molecular weight is 314 g/mol. The number of aromatic nitrogens is 3. The zero-order valence-corrected chi connectivity index (χ0v) is 13.5. The van der Waals surface area contributed by atoms with Gasteiger partial charge in [-0.25, -0.2) is 9.67 Å². The number of ether oxygens (including phenoxy) is 1. The normalized spacial score (nSPS) is 13.3. The van der Waals surface area contributed by atoms with Gasteiger partial charge in [0.25, 0.3) is 0 Å². The fraction of sp³-hybridized carbons (Fsp3) is 0.353. The Morgan fingerprint density at radius 1 is 1.39 bits per heavy atom. The van der Waals surface area contributed by atoms with E-state index >= 15 is 0 Å². The molecule has 1 N–H and O–H groups in total. The molecule has 0 saturated heterocycles. The molecule has 1 heterocycles. The molecule has 0 aliphatic rings. The van der Waals surface area contributed by atoms with Gasteiger partial charge in [-0.3, -0.25) is 4.79 Å². The molecule has 6 nitrogen and oxygen atoms in total. The Hall–Kier alpha value is -2.47. The van der Waals surface area contributed by atoms with Gasteiger partial charge in [0.1, 0.15) is 18.8 Å². The summed E-state index contributed by atoms with van der Waals surface area (Å²) in [5.41, 5.74) is 1.94. The summed E-state index contributed by atoms with van der Waals surface area (Å²) in [6.45, 7) is 7.82. The molecule has 1 amide bonds. The van der Waals surface area contributed by atoms with Crippen molar-refractivity contribution in [3.63, 3.8) is 0 Å². The van der Waals surface area contributed by atoms with E-state index < -0.39 is 6.10 Å². The third-order valence-corrected chi connectivity index (χ3v) is 3.49. The third-order valence-electron chi connectivity index (χ3n) is 3.49. The van der Waals surface area contributed by atoms with Crippen LogP contribution in [0.1, 0.15) is 31.9 Å². The second-order valence-electron chi connectivity index (χ2n) is 5.25. The summed E-state index contributed by atoms with van der Waals surface area (Å²) in [5, 5.41) is 7.03. The molecule has 2 unspecified atom stereocenters. The van der Waals surface area contributed by atoms with Crippen molar-refractivity contribution in [2.45, 2.75) is 32.4 Å². The first kappa shape index (κ1) is 16.9. The van der Waals surface area contributed by atoms with Crippen molar-refractivity contribution in [1.82, 2.24) is 20.1 Å². The number of nitrogens with one attached hydrogen (secondary N) is 1. The van der Waals surface area contributed by atoms with Gasteiger partial charge in [0.05, 0.1) is 18.3 Å². The van der Waals surface area contributed by atoms with Crippen LogP contribution in [0.3, 0.4) is 0 Å². The number of hydrogen-bond donors (Lipinski definition) is 1. The van der Waals surface area contributed by atoms with Crippen molar-refractivity contribution in [1.29, 1.82) is 0 Å². The van der Waals surface area contributed by atoms with Gasteiger partial charge in [-0.1, -0.05) is 18.2 Å². The number of carbonyl (C=O) groups excluding carboxylic acids is 1. The van der Waals surface area contributed by atoms with Crippen molar-refractivity contribution in [3.05, 3.63) is 55.1 Å². The highest BCUT2D eigenvalue weighted by Gasteiger charge is 2.16. The molecule has 0 aliphatic heterocycles. The van der Waals surface area contributed by atoms with E-state index in [9.17, 15) is 4.79 Å². The Morgan fingerprint density at radius 2 is 2.13 bits per heavy atom. The minimum Gasteiger partial charge on any atom is -0.368 e. The maximum absolute atomic E-state index is 12.1. The highest BCUT2D eigenvalue weighted by Crippen LogP contribution is 2.15. The minimum absolute atomic E-state index is 0.0993. The molecule has 122 valence electrons. The molecular formula is C17H22N4O2. The number of amides is 1. The molecule has 0 saturated carbocycles. The Balaban J connectivity index is 1.91. The molecule has 6 heteroatoms. The van der Waals surface area contributed by atoms with Gasteiger partial charge in [-0.05, 0) is 38.0 Å². The van der Waals surface area contributed by atoms with Crippen LogP contribution in [-0.4, -0.2) is 33.4 Å². The van der Waals surface area contributed by atoms with E-state index in [4.69, 9.17) is 4.74 Å². The van der Waals surface area contributed by atoms with Crippen molar-refractivity contribution >= 4 is 5.91 Å². The van der Waals surface area contributed by atoms with E-state index in [2.05, 4.69) is 22.0 Å². The van der Waals surface area contributed by atoms with Crippen LogP contribution in [0, 0.1) is 0 Å². The fourth-order valence-electron chi connectivity index (χ4n) is 2.08. The van der Waals surface area contributed by atoms with Gasteiger partial charge in [0.15, 0.2) is 0 Å². The van der Waals surface area contributed by atoms with Crippen molar-refractivity contribution < 1.29 is 9.53 Å². The second kappa shape index (κ2) is 8.24. The van der Waals surface area contributed by atoms with E-state index in [1.165, 1.54) is 6.33 Å². The molecule has 2 rings (SSSR count). The summed E-state index contributed by atoms with van der Waals surface area (Å²) in [6.07, 6.45) is 5.15. The first-order chi connectivity index (χ1) is 11.1. The van der Waals surface area contributed by atoms with Crippen LogP contribution in [0.4, 0.5) is 0 Å². The van der Waals surface area contributed by atoms with Crippen LogP contribution < -0.4 is 5.32 Å². The molecule has 0 fully saturated rings. The SMILES string of the molecule is C=CCCOC(C)C(=O)NC(C)c1ccc(-n2cncn2)cc1. The van der Waals surface area contributed by atoms with E-state index in [0.29, 0.717) is 6.61 Å². The zero-order valence-electron chi connectivity index (χ0n) is 13.5. The Kier molecular flexibility index (Phi) is 6.05. The predicted molar refractivity (Wildman–Crippen MR) is 88.1 cm³/mol. The molecule has 0 radical (unpaired) electrons. The van der Waals surface area contributed by atoms with E-state index in [1.54, 1.807) is 24.0 Å². The molecule has 2 aromatic rings. The Labute approximate surface area is 136 Å². The lowest BCUT2D eigenvalue weighted by atomic mass is 10.1. The van der Waals surface area contributed by atoms with Crippen molar-refractivity contribution in [2.24, 2.45) is 0 Å². The quantitative estimate of drug-likeness (QED) is 0.600. The lowest BCUT2D eigenvalue weighted by Crippen LogP contribution is -2.36. The average Bonchev–Trinajstić information content (AvgIpc) is 3.09. The molecule has 2 atom stereocenters. The van der Waals surface area contributed by atoms with Gasteiger partial charge in [-0.2, -0.15) is 5.10 Å². The zero-order chi connectivity index (χ0) is 16.7. The first-order valence-corrected chi connectivity index (χ1v) is 7.59. The topological polar surface area (TPSA) is 69.0 Å². The number of benzene rings is 1. The summed E-state index contributed by atoms with van der Waals surface area (Å²) in [4.78, 5) is 16.0. The summed E-state index contributed by atoms with van der Waals surface area (Å²) in [5.74, 6) is -0.123. The molecular weight excluding hydrogens is 292 g/mol.